The van der Waals surface area contributed by atoms with Gasteiger partial charge < -0.3 is 9.47 Å². The van der Waals surface area contributed by atoms with Gasteiger partial charge in [0.05, 0.1) is 19.4 Å². The standard InChI is InChI=1S/C35H32N4O4/c1-5-43-29-15-16-30(23(2)19-29)33-26(22-39(37-33)27-9-7-6-8-10-27)20-31-24(3)32(21-36)35(41)38(34(31)40)18-17-25-11-13-28(42-4)14-12-25/h6-16,19-20,22H,5,17-18H2,1-4H3/b31-20+. The molecule has 0 bridgehead atoms. The number of hydrogen-bond acceptors (Lipinski definition) is 6. The molecule has 4 aromatic rings. The average Bonchev–Trinajstić information content (AvgIpc) is 3.44. The molecule has 43 heavy (non-hydrogen) atoms. The third kappa shape index (κ3) is 5.97. The monoisotopic (exact) mass is 572 g/mol. The fourth-order valence-electron chi connectivity index (χ4n) is 5.09. The van der Waals surface area contributed by atoms with Gasteiger partial charge in [-0.3, -0.25) is 14.5 Å². The summed E-state index contributed by atoms with van der Waals surface area (Å²) in [7, 11) is 1.60. The lowest BCUT2D eigenvalue weighted by Crippen LogP contribution is -2.43. The second-order valence-electron chi connectivity index (χ2n) is 10.2. The maximum Gasteiger partial charge on any atom is 0.271 e. The lowest BCUT2D eigenvalue weighted by Gasteiger charge is -2.27. The van der Waals surface area contributed by atoms with Gasteiger partial charge in [0.15, 0.2) is 0 Å². The van der Waals surface area contributed by atoms with Crippen LogP contribution >= 0.6 is 0 Å². The maximum atomic E-state index is 13.9. The van der Waals surface area contributed by atoms with Gasteiger partial charge in [-0.1, -0.05) is 30.3 Å². The number of aryl methyl sites for hydroxylation is 1. The van der Waals surface area contributed by atoms with E-state index in [1.165, 1.54) is 0 Å². The molecule has 8 nitrogen and oxygen atoms in total. The first kappa shape index (κ1) is 29.1. The van der Waals surface area contributed by atoms with Gasteiger partial charge in [0.2, 0.25) is 0 Å². The van der Waals surface area contributed by atoms with Gasteiger partial charge in [-0.25, -0.2) is 4.68 Å². The lowest BCUT2D eigenvalue weighted by molar-refractivity contribution is -0.140. The summed E-state index contributed by atoms with van der Waals surface area (Å²) < 4.78 is 12.7. The van der Waals surface area contributed by atoms with E-state index in [9.17, 15) is 14.9 Å². The number of methoxy groups -OCH3 is 1. The average molecular weight is 573 g/mol. The van der Waals surface area contributed by atoms with Crippen molar-refractivity contribution in [2.75, 3.05) is 20.3 Å². The molecule has 2 amide bonds. The molecule has 0 fully saturated rings. The van der Waals surface area contributed by atoms with Crippen LogP contribution in [0.3, 0.4) is 0 Å². The summed E-state index contributed by atoms with van der Waals surface area (Å²) in [6.07, 6.45) is 4.03. The van der Waals surface area contributed by atoms with Crippen LogP contribution in [0.25, 0.3) is 23.0 Å². The third-order valence-corrected chi connectivity index (χ3v) is 7.44. The van der Waals surface area contributed by atoms with E-state index >= 15 is 0 Å². The molecule has 0 saturated heterocycles. The van der Waals surface area contributed by atoms with Crippen molar-refractivity contribution in [1.82, 2.24) is 14.7 Å². The molecule has 0 saturated carbocycles. The Hall–Kier alpha value is -5.42. The highest BCUT2D eigenvalue weighted by atomic mass is 16.5. The van der Waals surface area contributed by atoms with Gasteiger partial charge in [0.1, 0.15) is 28.8 Å². The molecule has 8 heteroatoms. The molecule has 0 spiro atoms. The number of rotatable bonds is 9. The van der Waals surface area contributed by atoms with Gasteiger partial charge in [0, 0.05) is 29.4 Å². The molecule has 3 aromatic carbocycles. The number of para-hydroxylation sites is 1. The largest absolute Gasteiger partial charge is 0.497 e. The van der Waals surface area contributed by atoms with Crippen LogP contribution in [0.2, 0.25) is 0 Å². The Kier molecular flexibility index (Phi) is 8.54. The van der Waals surface area contributed by atoms with Crippen LogP contribution in [0.1, 0.15) is 30.5 Å². The van der Waals surface area contributed by atoms with E-state index in [0.717, 1.165) is 38.8 Å². The Morgan fingerprint density at radius 3 is 2.33 bits per heavy atom. The summed E-state index contributed by atoms with van der Waals surface area (Å²) in [6, 6.07) is 25.0. The molecule has 0 radical (unpaired) electrons. The zero-order valence-electron chi connectivity index (χ0n) is 24.6. The molecule has 0 N–H and O–H groups in total. The van der Waals surface area contributed by atoms with E-state index < -0.39 is 11.8 Å². The number of aromatic nitrogens is 2. The van der Waals surface area contributed by atoms with E-state index in [4.69, 9.17) is 14.6 Å². The smallest absolute Gasteiger partial charge is 0.271 e. The maximum absolute atomic E-state index is 13.9. The highest BCUT2D eigenvalue weighted by Crippen LogP contribution is 2.33. The second-order valence-corrected chi connectivity index (χ2v) is 10.2. The molecule has 2 heterocycles. The number of carbonyl (C=O) groups is 2. The molecule has 0 atom stereocenters. The van der Waals surface area contributed by atoms with E-state index in [0.29, 0.717) is 29.9 Å². The van der Waals surface area contributed by atoms with Crippen LogP contribution in [-0.4, -0.2) is 46.8 Å². The third-order valence-electron chi connectivity index (χ3n) is 7.44. The molecule has 1 aliphatic rings. The number of amides is 2. The van der Waals surface area contributed by atoms with E-state index in [-0.39, 0.29) is 17.7 Å². The summed E-state index contributed by atoms with van der Waals surface area (Å²) in [6.45, 7) is 6.26. The van der Waals surface area contributed by atoms with Crippen molar-refractivity contribution < 1.29 is 19.1 Å². The quantitative estimate of drug-likeness (QED) is 0.178. The SMILES string of the molecule is CCOc1ccc(-c2nn(-c3ccccc3)cc2/C=C2/C(=O)N(CCc3ccc(OC)cc3)C(=O)C(C#N)=C2C)c(C)c1. The summed E-state index contributed by atoms with van der Waals surface area (Å²) >= 11 is 0. The number of ether oxygens (including phenoxy) is 2. The minimum absolute atomic E-state index is 0.0465. The Morgan fingerprint density at radius 1 is 0.953 bits per heavy atom. The number of imide groups is 1. The van der Waals surface area contributed by atoms with Crippen molar-refractivity contribution in [2.24, 2.45) is 0 Å². The number of nitriles is 1. The fraction of sp³-hybridized carbons (Fsp3) is 0.200. The first-order chi connectivity index (χ1) is 20.8. The summed E-state index contributed by atoms with van der Waals surface area (Å²) in [5, 5.41) is 14.8. The van der Waals surface area contributed by atoms with Crippen LogP contribution in [0.15, 0.2) is 95.7 Å². The van der Waals surface area contributed by atoms with Crippen molar-refractivity contribution in [2.45, 2.75) is 27.2 Å². The van der Waals surface area contributed by atoms with E-state index in [1.54, 1.807) is 24.8 Å². The molecular formula is C35H32N4O4. The summed E-state index contributed by atoms with van der Waals surface area (Å²) in [5.41, 5.74) is 5.56. The molecule has 1 aliphatic heterocycles. The highest BCUT2D eigenvalue weighted by molar-refractivity contribution is 6.19. The number of hydrogen-bond donors (Lipinski definition) is 0. The van der Waals surface area contributed by atoms with Crippen molar-refractivity contribution in [3.8, 4) is 34.5 Å². The van der Waals surface area contributed by atoms with E-state index in [1.807, 2.05) is 98.9 Å². The molecule has 0 unspecified atom stereocenters. The molecule has 0 aliphatic carbocycles. The van der Waals surface area contributed by atoms with Crippen LogP contribution in [0.4, 0.5) is 0 Å². The first-order valence-electron chi connectivity index (χ1n) is 14.1. The molecular weight excluding hydrogens is 540 g/mol. The topological polar surface area (TPSA) is 97.4 Å². The minimum atomic E-state index is -0.585. The van der Waals surface area contributed by atoms with Gasteiger partial charge in [-0.2, -0.15) is 10.4 Å². The number of nitrogens with zero attached hydrogens (tertiary/aromatic N) is 4. The second kappa shape index (κ2) is 12.6. The van der Waals surface area contributed by atoms with Crippen LogP contribution in [0, 0.1) is 18.3 Å². The lowest BCUT2D eigenvalue weighted by atomic mass is 9.92. The Morgan fingerprint density at radius 2 is 1.67 bits per heavy atom. The Labute approximate surface area is 251 Å². The fourth-order valence-corrected chi connectivity index (χ4v) is 5.09. The number of benzene rings is 3. The zero-order chi connectivity index (χ0) is 30.5. The molecule has 5 rings (SSSR count). The van der Waals surface area contributed by atoms with Crippen molar-refractivity contribution in [3.63, 3.8) is 0 Å². The molecule has 216 valence electrons. The van der Waals surface area contributed by atoms with Gasteiger partial charge in [-0.15, -0.1) is 0 Å². The van der Waals surface area contributed by atoms with Gasteiger partial charge in [-0.05, 0) is 92.4 Å². The predicted molar refractivity (Wildman–Crippen MR) is 165 cm³/mol. The number of carbonyl (C=O) groups excluding carboxylic acids is 2. The summed E-state index contributed by atoms with van der Waals surface area (Å²) in [4.78, 5) is 28.3. The van der Waals surface area contributed by atoms with Gasteiger partial charge >= 0.3 is 0 Å². The summed E-state index contributed by atoms with van der Waals surface area (Å²) in [5.74, 6) is 0.450. The minimum Gasteiger partial charge on any atom is -0.497 e. The van der Waals surface area contributed by atoms with E-state index in [2.05, 4.69) is 0 Å². The van der Waals surface area contributed by atoms with Crippen molar-refractivity contribution in [3.05, 3.63) is 112 Å². The van der Waals surface area contributed by atoms with Crippen LogP contribution in [-0.2, 0) is 16.0 Å². The highest BCUT2D eigenvalue weighted by Gasteiger charge is 2.35. The van der Waals surface area contributed by atoms with Crippen molar-refractivity contribution in [1.29, 1.82) is 5.26 Å². The zero-order valence-corrected chi connectivity index (χ0v) is 24.6. The van der Waals surface area contributed by atoms with Crippen LogP contribution in [0.5, 0.6) is 11.5 Å². The first-order valence-corrected chi connectivity index (χ1v) is 14.1. The van der Waals surface area contributed by atoms with Gasteiger partial charge in [0.25, 0.3) is 11.8 Å². The molecule has 1 aromatic heterocycles. The predicted octanol–water partition coefficient (Wildman–Crippen LogP) is 6.09. The van der Waals surface area contributed by atoms with Crippen LogP contribution < -0.4 is 9.47 Å². The normalized spacial score (nSPS) is 14.3. The van der Waals surface area contributed by atoms with Crippen molar-refractivity contribution >= 4 is 17.9 Å². The Bertz CT molecular complexity index is 1780. The Balaban J connectivity index is 1.58.